The van der Waals surface area contributed by atoms with E-state index in [1.807, 2.05) is 24.3 Å². The summed E-state index contributed by atoms with van der Waals surface area (Å²) in [4.78, 5) is 28.9. The summed E-state index contributed by atoms with van der Waals surface area (Å²) in [5.41, 5.74) is 1.33. The van der Waals surface area contributed by atoms with Crippen LogP contribution in [0.4, 0.5) is 0 Å². The number of hydrogen-bond donors (Lipinski definition) is 1. The first kappa shape index (κ1) is 23.8. The molecule has 6 heteroatoms. The summed E-state index contributed by atoms with van der Waals surface area (Å²) < 4.78 is 12.3. The van der Waals surface area contributed by atoms with E-state index < -0.39 is 6.04 Å². The Labute approximate surface area is 196 Å². The van der Waals surface area contributed by atoms with Crippen LogP contribution in [0, 0.1) is 23.7 Å². The van der Waals surface area contributed by atoms with E-state index >= 15 is 0 Å². The molecule has 180 valence electrons. The summed E-state index contributed by atoms with van der Waals surface area (Å²) in [5, 5.41) is 9.43. The number of fused-ring (bicyclic) bond motifs is 1. The van der Waals surface area contributed by atoms with Gasteiger partial charge in [0.1, 0.15) is 11.9 Å². The van der Waals surface area contributed by atoms with Gasteiger partial charge in [-0.25, -0.2) is 0 Å². The third-order valence-corrected chi connectivity index (χ3v) is 7.22. The summed E-state index contributed by atoms with van der Waals surface area (Å²) in [7, 11) is 0. The molecule has 1 fully saturated rings. The number of ether oxygens (including phenoxy) is 2. The number of rotatable bonds is 8. The number of benzene rings is 1. The van der Waals surface area contributed by atoms with Crippen molar-refractivity contribution in [3.8, 4) is 5.75 Å². The largest absolute Gasteiger partial charge is 0.494 e. The normalized spacial score (nSPS) is 29.3. The van der Waals surface area contributed by atoms with Crippen molar-refractivity contribution in [3.05, 3.63) is 41.2 Å². The van der Waals surface area contributed by atoms with Crippen LogP contribution in [-0.2, 0) is 14.3 Å². The Hall–Kier alpha value is -2.34. The number of aliphatic hydroxyl groups is 1. The van der Waals surface area contributed by atoms with Crippen LogP contribution in [0.1, 0.15) is 65.0 Å². The zero-order chi connectivity index (χ0) is 23.7. The SMILES string of the molecule is CC(C)CCOc1cccc(C2C3=C(OC4C(C)CC(C)CC4C3=O)C(=O)N2CCCO)c1. The fourth-order valence-electron chi connectivity index (χ4n) is 5.63. The molecule has 0 radical (unpaired) electrons. The van der Waals surface area contributed by atoms with Gasteiger partial charge in [0, 0.05) is 13.2 Å². The van der Waals surface area contributed by atoms with Crippen LogP contribution < -0.4 is 4.74 Å². The van der Waals surface area contributed by atoms with Crippen molar-refractivity contribution < 1.29 is 24.2 Å². The fraction of sp³-hybridized carbons (Fsp3) is 0.630. The Morgan fingerprint density at radius 1 is 1.21 bits per heavy atom. The topological polar surface area (TPSA) is 76.1 Å². The number of aliphatic hydroxyl groups excluding tert-OH is 1. The molecule has 0 aromatic heterocycles. The van der Waals surface area contributed by atoms with E-state index in [0.717, 1.165) is 30.6 Å². The van der Waals surface area contributed by atoms with Crippen LogP contribution in [0.3, 0.4) is 0 Å². The van der Waals surface area contributed by atoms with Gasteiger partial charge in [-0.15, -0.1) is 0 Å². The first-order valence-corrected chi connectivity index (χ1v) is 12.4. The Kier molecular flexibility index (Phi) is 7.13. The monoisotopic (exact) mass is 455 g/mol. The summed E-state index contributed by atoms with van der Waals surface area (Å²) in [6.07, 6.45) is 2.96. The van der Waals surface area contributed by atoms with Gasteiger partial charge < -0.3 is 19.5 Å². The number of amides is 1. The molecule has 1 N–H and O–H groups in total. The van der Waals surface area contributed by atoms with Crippen molar-refractivity contribution in [1.82, 2.24) is 4.90 Å². The maximum absolute atomic E-state index is 13.8. The van der Waals surface area contributed by atoms with Gasteiger partial charge in [0.15, 0.2) is 11.5 Å². The molecule has 1 aromatic rings. The summed E-state index contributed by atoms with van der Waals surface area (Å²) in [6.45, 7) is 9.58. The van der Waals surface area contributed by atoms with Crippen molar-refractivity contribution >= 4 is 11.7 Å². The highest BCUT2D eigenvalue weighted by molar-refractivity contribution is 6.11. The molecule has 1 aromatic carbocycles. The number of carbonyl (C=O) groups is 2. The molecule has 4 rings (SSSR count). The van der Waals surface area contributed by atoms with E-state index in [9.17, 15) is 14.7 Å². The number of carbonyl (C=O) groups excluding carboxylic acids is 2. The predicted molar refractivity (Wildman–Crippen MR) is 126 cm³/mol. The minimum Gasteiger partial charge on any atom is -0.494 e. The molecular weight excluding hydrogens is 418 g/mol. The molecule has 0 bridgehead atoms. The van der Waals surface area contributed by atoms with Crippen LogP contribution in [0.2, 0.25) is 0 Å². The number of nitrogens with zero attached hydrogens (tertiary/aromatic N) is 1. The quantitative estimate of drug-likeness (QED) is 0.633. The minimum atomic E-state index is -0.506. The second-order valence-electron chi connectivity index (χ2n) is 10.4. The Morgan fingerprint density at radius 3 is 2.73 bits per heavy atom. The van der Waals surface area contributed by atoms with Crippen LogP contribution in [-0.4, -0.2) is 47.6 Å². The lowest BCUT2D eigenvalue weighted by atomic mass is 9.70. The molecule has 33 heavy (non-hydrogen) atoms. The third-order valence-electron chi connectivity index (χ3n) is 7.22. The van der Waals surface area contributed by atoms with E-state index in [0.29, 0.717) is 37.0 Å². The van der Waals surface area contributed by atoms with Gasteiger partial charge in [-0.3, -0.25) is 9.59 Å². The second kappa shape index (κ2) is 9.88. The van der Waals surface area contributed by atoms with Crippen molar-refractivity contribution in [3.63, 3.8) is 0 Å². The first-order chi connectivity index (χ1) is 15.8. The Balaban J connectivity index is 1.69. The molecular formula is C27H37NO5. The molecule has 5 atom stereocenters. The van der Waals surface area contributed by atoms with Gasteiger partial charge in [0.2, 0.25) is 0 Å². The summed E-state index contributed by atoms with van der Waals surface area (Å²) >= 11 is 0. The maximum atomic E-state index is 13.8. The predicted octanol–water partition coefficient (Wildman–Crippen LogP) is 4.28. The van der Waals surface area contributed by atoms with Gasteiger partial charge >= 0.3 is 0 Å². The minimum absolute atomic E-state index is 0.0197. The third kappa shape index (κ3) is 4.68. The molecule has 5 unspecified atom stereocenters. The van der Waals surface area contributed by atoms with Crippen LogP contribution in [0.15, 0.2) is 35.6 Å². The van der Waals surface area contributed by atoms with Gasteiger partial charge in [-0.1, -0.05) is 39.8 Å². The lowest BCUT2D eigenvalue weighted by Crippen LogP contribution is -2.45. The zero-order valence-electron chi connectivity index (χ0n) is 20.3. The molecule has 0 spiro atoms. The highest BCUT2D eigenvalue weighted by Crippen LogP contribution is 2.49. The number of ketones is 1. The number of Topliss-reactive ketones (excluding diaryl/α,β-unsaturated/α-hetero) is 1. The van der Waals surface area contributed by atoms with Crippen LogP contribution >= 0.6 is 0 Å². The lowest BCUT2D eigenvalue weighted by Gasteiger charge is -2.41. The maximum Gasteiger partial charge on any atom is 0.290 e. The second-order valence-corrected chi connectivity index (χ2v) is 10.4. The number of hydrogen-bond acceptors (Lipinski definition) is 5. The van der Waals surface area contributed by atoms with Crippen molar-refractivity contribution in [1.29, 1.82) is 0 Å². The van der Waals surface area contributed by atoms with Crippen molar-refractivity contribution in [2.45, 2.75) is 65.5 Å². The summed E-state index contributed by atoms with van der Waals surface area (Å²) in [6, 6.07) is 7.20. The van der Waals surface area contributed by atoms with E-state index in [2.05, 4.69) is 27.7 Å². The Bertz CT molecular complexity index is 923. The van der Waals surface area contributed by atoms with E-state index in [1.165, 1.54) is 0 Å². The van der Waals surface area contributed by atoms with Gasteiger partial charge in [0.25, 0.3) is 5.91 Å². The van der Waals surface area contributed by atoms with E-state index in [-0.39, 0.29) is 42.0 Å². The molecule has 3 aliphatic rings. The first-order valence-electron chi connectivity index (χ1n) is 12.4. The average molecular weight is 456 g/mol. The molecule has 2 heterocycles. The zero-order valence-corrected chi connectivity index (χ0v) is 20.3. The van der Waals surface area contributed by atoms with Gasteiger partial charge in [0.05, 0.1) is 24.1 Å². The van der Waals surface area contributed by atoms with E-state index in [4.69, 9.17) is 9.47 Å². The Morgan fingerprint density at radius 2 is 2.00 bits per heavy atom. The standard InChI is InChI=1S/C27H37NO5/c1-16(2)9-12-32-20-8-5-7-19(15-20)23-22-24(30)21-14-17(3)13-18(4)25(21)33-26(22)27(31)28(23)10-6-11-29/h5,7-8,15-18,21,23,25,29H,6,9-14H2,1-4H3. The molecule has 1 saturated carbocycles. The highest BCUT2D eigenvalue weighted by atomic mass is 16.5. The average Bonchev–Trinajstić information content (AvgIpc) is 3.05. The summed E-state index contributed by atoms with van der Waals surface area (Å²) in [5.74, 6) is 1.79. The molecule has 2 aliphatic heterocycles. The van der Waals surface area contributed by atoms with Crippen LogP contribution in [0.5, 0.6) is 5.75 Å². The smallest absolute Gasteiger partial charge is 0.290 e. The lowest BCUT2D eigenvalue weighted by molar-refractivity contribution is -0.139. The van der Waals surface area contributed by atoms with E-state index in [1.54, 1.807) is 4.90 Å². The fourth-order valence-corrected chi connectivity index (χ4v) is 5.63. The van der Waals surface area contributed by atoms with Crippen molar-refractivity contribution in [2.75, 3.05) is 19.8 Å². The van der Waals surface area contributed by atoms with Crippen molar-refractivity contribution in [2.24, 2.45) is 23.7 Å². The molecule has 1 aliphatic carbocycles. The van der Waals surface area contributed by atoms with Gasteiger partial charge in [-0.2, -0.15) is 0 Å². The van der Waals surface area contributed by atoms with Crippen LogP contribution in [0.25, 0.3) is 0 Å². The molecule has 6 nitrogen and oxygen atoms in total. The van der Waals surface area contributed by atoms with Gasteiger partial charge in [-0.05, 0) is 61.1 Å². The molecule has 1 amide bonds. The molecule has 0 saturated heterocycles. The highest BCUT2D eigenvalue weighted by Gasteiger charge is 2.53.